The number of aliphatic carboxylic acids is 1. The van der Waals surface area contributed by atoms with Crippen LogP contribution in [-0.2, 0) is 9.59 Å². The van der Waals surface area contributed by atoms with E-state index in [0.717, 1.165) is 12.2 Å². The second-order valence-corrected chi connectivity index (χ2v) is 7.57. The van der Waals surface area contributed by atoms with Gasteiger partial charge in [-0.1, -0.05) is 30.9 Å². The summed E-state index contributed by atoms with van der Waals surface area (Å²) in [5.41, 5.74) is 0. The van der Waals surface area contributed by atoms with Gasteiger partial charge in [0.2, 0.25) is 0 Å². The number of amides is 1. The molecule has 0 radical (unpaired) electrons. The molecule has 1 aliphatic heterocycles. The summed E-state index contributed by atoms with van der Waals surface area (Å²) in [6, 6.07) is 3.84. The summed E-state index contributed by atoms with van der Waals surface area (Å²) in [5, 5.41) is 8.67. The van der Waals surface area contributed by atoms with E-state index in [0.29, 0.717) is 39.8 Å². The van der Waals surface area contributed by atoms with Crippen LogP contribution in [0.3, 0.4) is 0 Å². The predicted molar refractivity (Wildman–Crippen MR) is 92.0 cm³/mol. The summed E-state index contributed by atoms with van der Waals surface area (Å²) >= 11 is 6.44. The Kier molecular flexibility index (Phi) is 4.59. The van der Waals surface area contributed by atoms with Crippen molar-refractivity contribution < 1.29 is 19.1 Å². The van der Waals surface area contributed by atoms with E-state index in [1.165, 1.54) is 16.7 Å². The van der Waals surface area contributed by atoms with E-state index < -0.39 is 5.97 Å². The van der Waals surface area contributed by atoms with Crippen molar-refractivity contribution in [3.63, 3.8) is 0 Å². The molecule has 2 heterocycles. The normalized spacial score (nSPS) is 25.4. The van der Waals surface area contributed by atoms with Gasteiger partial charge in [-0.2, -0.15) is 0 Å². The molecule has 2 fully saturated rings. The zero-order valence-corrected chi connectivity index (χ0v) is 14.3. The molecule has 0 aromatic carbocycles. The lowest BCUT2D eigenvalue weighted by molar-refractivity contribution is -0.137. The molecule has 0 spiro atoms. The quantitative estimate of drug-likeness (QED) is 0.625. The Bertz CT molecular complexity index is 694. The minimum absolute atomic E-state index is 0.0250. The maximum Gasteiger partial charge on any atom is 0.303 e. The maximum absolute atomic E-state index is 12.4. The van der Waals surface area contributed by atoms with Gasteiger partial charge in [-0.05, 0) is 30.9 Å². The molecule has 2 unspecified atom stereocenters. The number of carbonyl (C=O) groups excluding carboxylic acids is 1. The Morgan fingerprint density at radius 3 is 2.96 bits per heavy atom. The van der Waals surface area contributed by atoms with Gasteiger partial charge < -0.3 is 9.52 Å². The van der Waals surface area contributed by atoms with E-state index in [1.54, 1.807) is 6.08 Å². The summed E-state index contributed by atoms with van der Waals surface area (Å²) in [6.45, 7) is 2.52. The summed E-state index contributed by atoms with van der Waals surface area (Å²) in [7, 11) is 0. The van der Waals surface area contributed by atoms with Crippen LogP contribution in [0.25, 0.3) is 6.08 Å². The van der Waals surface area contributed by atoms with Crippen molar-refractivity contribution in [3.8, 4) is 0 Å². The Labute approximate surface area is 143 Å². The molecule has 3 rings (SSSR count). The van der Waals surface area contributed by atoms with Gasteiger partial charge in [0, 0.05) is 25.0 Å². The standard InChI is InChI=1S/C16H17NO4S2/c1-9-7-11(9)12-5-4-10(21-12)8-13-15(20)17(16(22)23-13)6-2-3-14(18)19/h4-5,8-9,11H,2-3,6-7H2,1H3,(H,18,19)/b13-8-. The number of rotatable bonds is 6. The van der Waals surface area contributed by atoms with Gasteiger partial charge in [-0.3, -0.25) is 14.5 Å². The number of carboxylic acids is 1. The molecule has 1 amide bonds. The van der Waals surface area contributed by atoms with Crippen molar-refractivity contribution in [2.45, 2.75) is 32.1 Å². The maximum atomic E-state index is 12.4. The third-order valence-corrected chi connectivity index (χ3v) is 5.42. The fourth-order valence-corrected chi connectivity index (χ4v) is 3.86. The van der Waals surface area contributed by atoms with Gasteiger partial charge in [-0.25, -0.2) is 0 Å². The molecule has 1 saturated heterocycles. The average Bonchev–Trinajstić information content (AvgIpc) is 2.93. The zero-order chi connectivity index (χ0) is 16.6. The molecule has 5 nitrogen and oxygen atoms in total. The lowest BCUT2D eigenvalue weighted by Crippen LogP contribution is -2.29. The third-order valence-electron chi connectivity index (χ3n) is 4.04. The Morgan fingerprint density at radius 2 is 2.30 bits per heavy atom. The Balaban J connectivity index is 1.66. The first-order valence-electron chi connectivity index (χ1n) is 7.52. The molecule has 1 aromatic heterocycles. The SMILES string of the molecule is CC1CC1c1ccc(/C=C2\SC(=S)N(CCCC(=O)O)C2=O)o1. The first kappa shape index (κ1) is 16.3. The molecule has 1 aliphatic carbocycles. The first-order chi connectivity index (χ1) is 11.0. The zero-order valence-electron chi connectivity index (χ0n) is 12.7. The highest BCUT2D eigenvalue weighted by Gasteiger charge is 2.37. The first-order valence-corrected chi connectivity index (χ1v) is 8.75. The lowest BCUT2D eigenvalue weighted by atomic mass is 10.3. The van der Waals surface area contributed by atoms with E-state index in [-0.39, 0.29) is 12.3 Å². The summed E-state index contributed by atoms with van der Waals surface area (Å²) < 4.78 is 6.26. The molecule has 23 heavy (non-hydrogen) atoms. The minimum atomic E-state index is -0.872. The molecular weight excluding hydrogens is 334 g/mol. The van der Waals surface area contributed by atoms with Crippen LogP contribution in [0.4, 0.5) is 0 Å². The van der Waals surface area contributed by atoms with E-state index >= 15 is 0 Å². The second kappa shape index (κ2) is 6.49. The number of thioether (sulfide) groups is 1. The third kappa shape index (κ3) is 3.67. The van der Waals surface area contributed by atoms with Gasteiger partial charge >= 0.3 is 5.97 Å². The van der Waals surface area contributed by atoms with Crippen molar-refractivity contribution in [2.24, 2.45) is 5.92 Å². The number of hydrogen-bond donors (Lipinski definition) is 1. The van der Waals surface area contributed by atoms with Crippen LogP contribution in [0, 0.1) is 5.92 Å². The van der Waals surface area contributed by atoms with Crippen molar-refractivity contribution in [2.75, 3.05) is 6.54 Å². The van der Waals surface area contributed by atoms with E-state index in [1.807, 2.05) is 12.1 Å². The fourth-order valence-electron chi connectivity index (χ4n) is 2.57. The number of thiocarbonyl (C=S) groups is 1. The summed E-state index contributed by atoms with van der Waals surface area (Å²) in [5.74, 6) is 1.75. The molecule has 7 heteroatoms. The minimum Gasteiger partial charge on any atom is -0.481 e. The predicted octanol–water partition coefficient (Wildman–Crippen LogP) is 3.47. The highest BCUT2D eigenvalue weighted by Crippen LogP contribution is 2.47. The number of furan rings is 1. The molecule has 0 bridgehead atoms. The van der Waals surface area contributed by atoms with Gasteiger partial charge in [0.1, 0.15) is 15.8 Å². The fraction of sp³-hybridized carbons (Fsp3) is 0.438. The molecule has 1 aromatic rings. The summed E-state index contributed by atoms with van der Waals surface area (Å²) in [6.07, 6.45) is 3.28. The van der Waals surface area contributed by atoms with E-state index in [4.69, 9.17) is 21.7 Å². The van der Waals surface area contributed by atoms with Crippen LogP contribution in [0.1, 0.15) is 43.6 Å². The van der Waals surface area contributed by atoms with Crippen molar-refractivity contribution >= 4 is 46.3 Å². The van der Waals surface area contributed by atoms with Crippen LogP contribution < -0.4 is 0 Å². The van der Waals surface area contributed by atoms with Crippen LogP contribution in [0.15, 0.2) is 21.5 Å². The highest BCUT2D eigenvalue weighted by molar-refractivity contribution is 8.26. The van der Waals surface area contributed by atoms with Crippen LogP contribution in [0.2, 0.25) is 0 Å². The molecule has 122 valence electrons. The highest BCUT2D eigenvalue weighted by atomic mass is 32.2. The van der Waals surface area contributed by atoms with Crippen molar-refractivity contribution in [3.05, 3.63) is 28.6 Å². The van der Waals surface area contributed by atoms with Gasteiger partial charge in [0.05, 0.1) is 4.91 Å². The monoisotopic (exact) mass is 351 g/mol. The van der Waals surface area contributed by atoms with Crippen LogP contribution in [0.5, 0.6) is 0 Å². The molecular formula is C16H17NO4S2. The molecule has 1 saturated carbocycles. The Morgan fingerprint density at radius 1 is 1.57 bits per heavy atom. The van der Waals surface area contributed by atoms with Crippen molar-refractivity contribution in [1.82, 2.24) is 4.90 Å². The average molecular weight is 351 g/mol. The molecule has 1 N–H and O–H groups in total. The van der Waals surface area contributed by atoms with Crippen molar-refractivity contribution in [1.29, 1.82) is 0 Å². The Hall–Kier alpha value is -1.60. The molecule has 2 aliphatic rings. The number of carbonyl (C=O) groups is 2. The smallest absolute Gasteiger partial charge is 0.303 e. The topological polar surface area (TPSA) is 70.8 Å². The molecule has 2 atom stereocenters. The van der Waals surface area contributed by atoms with Crippen LogP contribution in [-0.4, -0.2) is 32.7 Å². The van der Waals surface area contributed by atoms with Crippen LogP contribution >= 0.6 is 24.0 Å². The second-order valence-electron chi connectivity index (χ2n) is 5.89. The van der Waals surface area contributed by atoms with Gasteiger partial charge in [0.15, 0.2) is 0 Å². The largest absolute Gasteiger partial charge is 0.481 e. The number of carboxylic acid groups (broad SMARTS) is 1. The number of nitrogens with zero attached hydrogens (tertiary/aromatic N) is 1. The van der Waals surface area contributed by atoms with E-state index in [9.17, 15) is 9.59 Å². The lowest BCUT2D eigenvalue weighted by Gasteiger charge is -2.13. The number of hydrogen-bond acceptors (Lipinski definition) is 5. The van der Waals surface area contributed by atoms with Gasteiger partial charge in [-0.15, -0.1) is 0 Å². The van der Waals surface area contributed by atoms with Gasteiger partial charge in [0.25, 0.3) is 5.91 Å². The summed E-state index contributed by atoms with van der Waals surface area (Å²) in [4.78, 5) is 24.9. The van der Waals surface area contributed by atoms with E-state index in [2.05, 4.69) is 6.92 Å².